The number of anilines is 1. The second-order valence-electron chi connectivity index (χ2n) is 7.93. The third kappa shape index (κ3) is 4.61. The number of alkyl carbamates (subject to hydrolysis) is 1. The smallest absolute Gasteiger partial charge is 0.407 e. The van der Waals surface area contributed by atoms with Crippen LogP contribution in [0.3, 0.4) is 0 Å². The highest BCUT2D eigenvalue weighted by molar-refractivity contribution is 5.79. The highest BCUT2D eigenvalue weighted by Crippen LogP contribution is 2.44. The lowest BCUT2D eigenvalue weighted by molar-refractivity contribution is 0.0137. The average molecular weight is 433 g/mol. The molecule has 0 bridgehead atoms. The number of hydrogen-bond donors (Lipinski definition) is 4. The monoisotopic (exact) mass is 432 g/mol. The maximum Gasteiger partial charge on any atom is 0.407 e. The summed E-state index contributed by atoms with van der Waals surface area (Å²) in [6.07, 6.45) is -2.35. The van der Waals surface area contributed by atoms with Crippen LogP contribution < -0.4 is 10.6 Å². The first-order valence-electron chi connectivity index (χ1n) is 10.8. The van der Waals surface area contributed by atoms with Crippen LogP contribution >= 0.6 is 0 Å². The van der Waals surface area contributed by atoms with Crippen molar-refractivity contribution in [1.29, 1.82) is 0 Å². The fraction of sp³-hybridized carbons (Fsp3) is 0.269. The molecule has 4 rings (SSSR count). The molecular formula is C26H28N2O4. The van der Waals surface area contributed by atoms with Gasteiger partial charge < -0.3 is 25.6 Å². The van der Waals surface area contributed by atoms with Crippen molar-refractivity contribution in [3.63, 3.8) is 0 Å². The minimum Gasteiger partial charge on any atom is -0.449 e. The van der Waals surface area contributed by atoms with Gasteiger partial charge in [-0.2, -0.15) is 0 Å². The van der Waals surface area contributed by atoms with E-state index in [1.807, 2.05) is 43.4 Å². The number of nitrogens with one attached hydrogen (secondary N) is 2. The van der Waals surface area contributed by atoms with E-state index in [1.54, 1.807) is 12.1 Å². The Hall–Kier alpha value is -3.35. The summed E-state index contributed by atoms with van der Waals surface area (Å²) in [6.45, 7) is 0.437. The van der Waals surface area contributed by atoms with Gasteiger partial charge in [-0.15, -0.1) is 0 Å². The molecule has 6 nitrogen and oxygen atoms in total. The Balaban J connectivity index is 1.27. The lowest BCUT2D eigenvalue weighted by Crippen LogP contribution is -2.30. The quantitative estimate of drug-likeness (QED) is 0.431. The Morgan fingerprint density at radius 3 is 2.12 bits per heavy atom. The molecule has 1 aliphatic carbocycles. The summed E-state index contributed by atoms with van der Waals surface area (Å²) in [5.41, 5.74) is 6.22. The van der Waals surface area contributed by atoms with Crippen molar-refractivity contribution in [3.05, 3.63) is 89.5 Å². The number of rotatable bonds is 8. The Morgan fingerprint density at radius 1 is 0.938 bits per heavy atom. The second-order valence-corrected chi connectivity index (χ2v) is 7.93. The van der Waals surface area contributed by atoms with Crippen LogP contribution in [0.4, 0.5) is 10.5 Å². The van der Waals surface area contributed by atoms with Crippen molar-refractivity contribution in [2.45, 2.75) is 24.5 Å². The number of carbonyl (C=O) groups is 1. The van der Waals surface area contributed by atoms with Gasteiger partial charge in [0.25, 0.3) is 0 Å². The molecule has 0 heterocycles. The maximum absolute atomic E-state index is 12.2. The van der Waals surface area contributed by atoms with E-state index >= 15 is 0 Å². The maximum atomic E-state index is 12.2. The van der Waals surface area contributed by atoms with Crippen molar-refractivity contribution in [1.82, 2.24) is 5.32 Å². The molecule has 0 fully saturated rings. The molecule has 166 valence electrons. The van der Waals surface area contributed by atoms with E-state index in [1.165, 1.54) is 11.1 Å². The van der Waals surface area contributed by atoms with Crippen LogP contribution in [0.1, 0.15) is 35.1 Å². The minimum atomic E-state index is -1.02. The first-order valence-corrected chi connectivity index (χ1v) is 10.8. The fourth-order valence-corrected chi connectivity index (χ4v) is 4.20. The third-order valence-electron chi connectivity index (χ3n) is 5.96. The summed E-state index contributed by atoms with van der Waals surface area (Å²) in [4.78, 5) is 12.2. The van der Waals surface area contributed by atoms with Gasteiger partial charge in [0, 0.05) is 25.2 Å². The second kappa shape index (κ2) is 9.85. The van der Waals surface area contributed by atoms with E-state index in [9.17, 15) is 15.0 Å². The van der Waals surface area contributed by atoms with E-state index in [4.69, 9.17) is 4.74 Å². The SMILES string of the molecule is CNc1ccc(C(O)C(O)CCNC(=O)OCC2c3ccccc3-c3ccccc32)cc1. The van der Waals surface area contributed by atoms with Gasteiger partial charge in [-0.05, 0) is 46.4 Å². The molecule has 1 amide bonds. The Morgan fingerprint density at radius 2 is 1.53 bits per heavy atom. The highest BCUT2D eigenvalue weighted by atomic mass is 16.5. The number of hydrogen-bond acceptors (Lipinski definition) is 5. The van der Waals surface area contributed by atoms with Gasteiger partial charge in [-0.3, -0.25) is 0 Å². The van der Waals surface area contributed by atoms with Gasteiger partial charge in [0.15, 0.2) is 0 Å². The molecule has 4 N–H and O–H groups in total. The summed E-state index contributed by atoms with van der Waals surface area (Å²) < 4.78 is 5.49. The van der Waals surface area contributed by atoms with E-state index in [0.29, 0.717) is 5.56 Å². The van der Waals surface area contributed by atoms with Gasteiger partial charge in [-0.25, -0.2) is 4.79 Å². The van der Waals surface area contributed by atoms with Crippen LogP contribution in [0, 0.1) is 0 Å². The van der Waals surface area contributed by atoms with E-state index in [2.05, 4.69) is 34.9 Å². The van der Waals surface area contributed by atoms with E-state index in [-0.39, 0.29) is 25.5 Å². The summed E-state index contributed by atoms with van der Waals surface area (Å²) in [6, 6.07) is 23.5. The average Bonchev–Trinajstić information content (AvgIpc) is 3.16. The molecule has 0 saturated heterocycles. The Labute approximate surface area is 187 Å². The van der Waals surface area contributed by atoms with Crippen molar-refractivity contribution in [2.24, 2.45) is 0 Å². The number of carbonyl (C=O) groups excluding carboxylic acids is 1. The van der Waals surface area contributed by atoms with Gasteiger partial charge in [0.2, 0.25) is 0 Å². The van der Waals surface area contributed by atoms with Crippen LogP contribution in [0.2, 0.25) is 0 Å². The molecule has 2 atom stereocenters. The molecule has 0 radical (unpaired) electrons. The normalized spacial score (nSPS) is 14.2. The molecule has 1 aliphatic rings. The zero-order valence-electron chi connectivity index (χ0n) is 18.0. The highest BCUT2D eigenvalue weighted by Gasteiger charge is 2.29. The number of fused-ring (bicyclic) bond motifs is 3. The van der Waals surface area contributed by atoms with Crippen LogP contribution in [-0.2, 0) is 4.74 Å². The number of aliphatic hydroxyl groups excluding tert-OH is 2. The standard InChI is InChI=1S/C26H28N2O4/c1-27-18-12-10-17(11-13-18)25(30)24(29)14-15-28-26(31)32-16-23-21-8-4-2-6-19(21)20-7-3-5-9-22(20)23/h2-13,23-25,27,29-30H,14-16H2,1H3,(H,28,31). The van der Waals surface area contributed by atoms with E-state index in [0.717, 1.165) is 16.8 Å². The molecule has 0 saturated carbocycles. The molecule has 0 aromatic heterocycles. The zero-order chi connectivity index (χ0) is 22.5. The predicted molar refractivity (Wildman–Crippen MR) is 125 cm³/mol. The third-order valence-corrected chi connectivity index (χ3v) is 5.96. The minimum absolute atomic E-state index is 0.00106. The molecule has 3 aromatic rings. The molecule has 0 spiro atoms. The Bertz CT molecular complexity index is 1020. The first-order chi connectivity index (χ1) is 15.6. The van der Waals surface area contributed by atoms with Gasteiger partial charge in [0.1, 0.15) is 12.7 Å². The number of amides is 1. The molecule has 2 unspecified atom stereocenters. The first kappa shape index (κ1) is 21.9. The summed E-state index contributed by atoms with van der Waals surface area (Å²) in [7, 11) is 1.81. The number of ether oxygens (including phenoxy) is 1. The molecule has 3 aromatic carbocycles. The van der Waals surface area contributed by atoms with Gasteiger partial charge in [-0.1, -0.05) is 60.7 Å². The molecule has 0 aliphatic heterocycles. The Kier molecular flexibility index (Phi) is 6.73. The van der Waals surface area contributed by atoms with Crippen LogP contribution in [0.5, 0.6) is 0 Å². The summed E-state index contributed by atoms with van der Waals surface area (Å²) in [5, 5.41) is 26.3. The van der Waals surface area contributed by atoms with Crippen molar-refractivity contribution < 1.29 is 19.7 Å². The lowest BCUT2D eigenvalue weighted by Gasteiger charge is -2.19. The summed E-state index contributed by atoms with van der Waals surface area (Å²) in [5.74, 6) is 0.00106. The van der Waals surface area contributed by atoms with Crippen molar-refractivity contribution >= 4 is 11.8 Å². The summed E-state index contributed by atoms with van der Waals surface area (Å²) >= 11 is 0. The number of benzene rings is 3. The molecular weight excluding hydrogens is 404 g/mol. The molecule has 6 heteroatoms. The van der Waals surface area contributed by atoms with Crippen molar-refractivity contribution in [2.75, 3.05) is 25.5 Å². The van der Waals surface area contributed by atoms with Crippen LogP contribution in [0.25, 0.3) is 11.1 Å². The van der Waals surface area contributed by atoms with Crippen LogP contribution in [-0.4, -0.2) is 42.6 Å². The lowest BCUT2D eigenvalue weighted by atomic mass is 9.98. The van der Waals surface area contributed by atoms with Gasteiger partial charge >= 0.3 is 6.09 Å². The number of aliphatic hydroxyl groups is 2. The molecule has 32 heavy (non-hydrogen) atoms. The fourth-order valence-electron chi connectivity index (χ4n) is 4.20. The van der Waals surface area contributed by atoms with Crippen molar-refractivity contribution in [3.8, 4) is 11.1 Å². The van der Waals surface area contributed by atoms with E-state index < -0.39 is 18.3 Å². The van der Waals surface area contributed by atoms with Gasteiger partial charge in [0.05, 0.1) is 6.10 Å². The largest absolute Gasteiger partial charge is 0.449 e. The predicted octanol–water partition coefficient (Wildman–Crippen LogP) is 4.05. The zero-order valence-corrected chi connectivity index (χ0v) is 18.0. The van der Waals surface area contributed by atoms with Crippen LogP contribution in [0.15, 0.2) is 72.8 Å². The topological polar surface area (TPSA) is 90.8 Å².